The van der Waals surface area contributed by atoms with Gasteiger partial charge in [0.05, 0.1) is 31.3 Å². The van der Waals surface area contributed by atoms with E-state index in [9.17, 15) is 20.1 Å². The van der Waals surface area contributed by atoms with Crippen molar-refractivity contribution in [2.45, 2.75) is 250 Å². The molecule has 0 radical (unpaired) electrons. The van der Waals surface area contributed by atoms with Crippen LogP contribution in [0.25, 0.3) is 0 Å². The first-order chi connectivity index (χ1) is 25.5. The highest BCUT2D eigenvalue weighted by molar-refractivity contribution is 5.76. The maximum Gasteiger partial charge on any atom is 0.222 e. The summed E-state index contributed by atoms with van der Waals surface area (Å²) in [5.41, 5.74) is 0. The minimum Gasteiger partial charge on any atom is -0.394 e. The number of nitrogens with one attached hydrogen (secondary N) is 1. The summed E-state index contributed by atoms with van der Waals surface area (Å²) < 4.78 is 0. The number of allylic oxidation sites excluding steroid dienone is 5. The molecule has 0 rings (SSSR count). The van der Waals surface area contributed by atoms with Crippen molar-refractivity contribution >= 4 is 5.91 Å². The lowest BCUT2D eigenvalue weighted by molar-refractivity contribution is -0.124. The Labute approximate surface area is 324 Å². The van der Waals surface area contributed by atoms with E-state index in [4.69, 9.17) is 0 Å². The number of aliphatic hydroxyl groups excluding tert-OH is 3. The van der Waals surface area contributed by atoms with Crippen LogP contribution in [0, 0.1) is 0 Å². The fourth-order valence-electron chi connectivity index (χ4n) is 6.90. The van der Waals surface area contributed by atoms with Gasteiger partial charge in [-0.3, -0.25) is 4.79 Å². The minimum atomic E-state index is -0.958. The van der Waals surface area contributed by atoms with Crippen LogP contribution in [0.4, 0.5) is 0 Å². The smallest absolute Gasteiger partial charge is 0.222 e. The first-order valence-corrected chi connectivity index (χ1v) is 22.8. The third-order valence-electron chi connectivity index (χ3n) is 10.4. The van der Waals surface area contributed by atoms with Gasteiger partial charge < -0.3 is 20.6 Å². The molecule has 0 fully saturated rings. The summed E-state index contributed by atoms with van der Waals surface area (Å²) in [6.45, 7) is 4.21. The van der Waals surface area contributed by atoms with E-state index in [2.05, 4.69) is 43.5 Å². The van der Waals surface area contributed by atoms with Gasteiger partial charge in [0.1, 0.15) is 0 Å². The monoisotopic (exact) mass is 732 g/mol. The number of rotatable bonds is 41. The van der Waals surface area contributed by atoms with Gasteiger partial charge in [-0.1, -0.05) is 217 Å². The zero-order valence-electron chi connectivity index (χ0n) is 34.7. The van der Waals surface area contributed by atoms with Gasteiger partial charge in [-0.15, -0.1) is 0 Å². The molecule has 1 amide bonds. The normalized spacial score (nSPS) is 13.9. The summed E-state index contributed by atoms with van der Waals surface area (Å²) in [6.07, 6.45) is 52.9. The third-order valence-corrected chi connectivity index (χ3v) is 10.4. The molecule has 0 aliphatic heterocycles. The summed E-state index contributed by atoms with van der Waals surface area (Å²) >= 11 is 0. The summed E-state index contributed by atoms with van der Waals surface area (Å²) in [4.78, 5) is 12.4. The molecular weight excluding hydrogens is 643 g/mol. The Morgan fingerprint density at radius 2 is 0.827 bits per heavy atom. The van der Waals surface area contributed by atoms with Crippen LogP contribution < -0.4 is 5.32 Å². The van der Waals surface area contributed by atoms with E-state index in [0.717, 1.165) is 38.5 Å². The van der Waals surface area contributed by atoms with E-state index in [1.807, 2.05) is 6.08 Å². The van der Waals surface area contributed by atoms with Crippen molar-refractivity contribution in [3.8, 4) is 0 Å². The van der Waals surface area contributed by atoms with Gasteiger partial charge in [-0.25, -0.2) is 0 Å². The maximum absolute atomic E-state index is 12.4. The molecule has 0 saturated carbocycles. The van der Waals surface area contributed by atoms with Gasteiger partial charge >= 0.3 is 0 Å². The molecule has 52 heavy (non-hydrogen) atoms. The molecule has 5 heteroatoms. The Bertz CT molecular complexity index is 809. The van der Waals surface area contributed by atoms with E-state index >= 15 is 0 Å². The molecule has 0 aromatic rings. The van der Waals surface area contributed by atoms with Crippen LogP contribution in [-0.4, -0.2) is 46.1 Å². The van der Waals surface area contributed by atoms with E-state index in [1.165, 1.54) is 167 Å². The molecule has 0 aromatic heterocycles. The Balaban J connectivity index is 3.72. The van der Waals surface area contributed by atoms with Crippen molar-refractivity contribution in [2.24, 2.45) is 0 Å². The van der Waals surface area contributed by atoms with E-state index < -0.39 is 18.2 Å². The first kappa shape index (κ1) is 50.6. The quantitative estimate of drug-likeness (QED) is 0.0372. The SMILES string of the molecule is CCCCCCCCCCCCC/C=C/CC/C=C/CC/C=C/C(O)C(CO)NC(=O)CC(O)CCCCCCCCCCCCCCCCCC. The second-order valence-corrected chi connectivity index (χ2v) is 15.6. The molecule has 0 bridgehead atoms. The number of carbonyl (C=O) groups is 1. The number of hydrogen-bond donors (Lipinski definition) is 4. The average Bonchev–Trinajstić information content (AvgIpc) is 3.14. The second-order valence-electron chi connectivity index (χ2n) is 15.6. The Morgan fingerprint density at radius 1 is 0.481 bits per heavy atom. The third kappa shape index (κ3) is 38.3. The van der Waals surface area contributed by atoms with Crippen LogP contribution in [0.5, 0.6) is 0 Å². The molecule has 0 heterocycles. The number of hydrogen-bond acceptors (Lipinski definition) is 4. The summed E-state index contributed by atoms with van der Waals surface area (Å²) in [5.74, 6) is -0.328. The van der Waals surface area contributed by atoms with Crippen molar-refractivity contribution < 1.29 is 20.1 Å². The van der Waals surface area contributed by atoms with E-state index in [0.29, 0.717) is 6.42 Å². The summed E-state index contributed by atoms with van der Waals surface area (Å²) in [6, 6.07) is -0.765. The number of unbranched alkanes of at least 4 members (excludes halogenated alkanes) is 28. The summed E-state index contributed by atoms with van der Waals surface area (Å²) in [5, 5.41) is 33.2. The predicted octanol–water partition coefficient (Wildman–Crippen LogP) is 13.2. The molecule has 3 atom stereocenters. The molecular formula is C47H89NO4. The van der Waals surface area contributed by atoms with Crippen molar-refractivity contribution in [1.82, 2.24) is 5.32 Å². The van der Waals surface area contributed by atoms with Crippen LogP contribution in [0.15, 0.2) is 36.5 Å². The number of aliphatic hydroxyl groups is 3. The highest BCUT2D eigenvalue weighted by Crippen LogP contribution is 2.16. The largest absolute Gasteiger partial charge is 0.394 e. The van der Waals surface area contributed by atoms with Gasteiger partial charge in [-0.05, 0) is 44.9 Å². The Morgan fingerprint density at radius 3 is 1.23 bits per heavy atom. The zero-order chi connectivity index (χ0) is 38.0. The van der Waals surface area contributed by atoms with Crippen molar-refractivity contribution in [3.63, 3.8) is 0 Å². The molecule has 4 N–H and O–H groups in total. The van der Waals surface area contributed by atoms with Crippen LogP contribution in [-0.2, 0) is 4.79 Å². The minimum absolute atomic E-state index is 0.00497. The molecule has 0 aliphatic rings. The van der Waals surface area contributed by atoms with E-state index in [-0.39, 0.29) is 18.9 Å². The number of carbonyl (C=O) groups excluding carboxylic acids is 1. The second kappa shape index (κ2) is 42.3. The summed E-state index contributed by atoms with van der Waals surface area (Å²) in [7, 11) is 0. The van der Waals surface area contributed by atoms with Crippen molar-refractivity contribution in [1.29, 1.82) is 0 Å². The Kier molecular flexibility index (Phi) is 41.1. The molecule has 0 aromatic carbocycles. The van der Waals surface area contributed by atoms with Crippen LogP contribution in [0.1, 0.15) is 232 Å². The lowest BCUT2D eigenvalue weighted by atomic mass is 10.0. The standard InChI is InChI=1S/C47H89NO4/c1-3-5-7-9-11-13-15-17-19-21-22-23-24-25-27-29-31-33-35-37-39-41-46(51)45(43-49)48-47(52)42-44(50)40-38-36-34-32-30-28-26-20-18-16-14-12-10-8-6-4-2/h24-25,31,33,39,41,44-46,49-51H,3-23,26-30,32,34-38,40,42-43H2,1-2H3,(H,48,52)/b25-24+,33-31+,41-39+. The number of amides is 1. The average molecular weight is 732 g/mol. The maximum atomic E-state index is 12.4. The van der Waals surface area contributed by atoms with Crippen LogP contribution in [0.3, 0.4) is 0 Å². The van der Waals surface area contributed by atoms with Gasteiger partial charge in [0, 0.05) is 0 Å². The molecule has 0 spiro atoms. The van der Waals surface area contributed by atoms with Crippen LogP contribution >= 0.6 is 0 Å². The highest BCUT2D eigenvalue weighted by atomic mass is 16.3. The highest BCUT2D eigenvalue weighted by Gasteiger charge is 2.20. The molecule has 3 unspecified atom stereocenters. The Hall–Kier alpha value is -1.43. The van der Waals surface area contributed by atoms with Crippen molar-refractivity contribution in [3.05, 3.63) is 36.5 Å². The molecule has 0 aliphatic carbocycles. The van der Waals surface area contributed by atoms with Crippen LogP contribution in [0.2, 0.25) is 0 Å². The lowest BCUT2D eigenvalue weighted by Gasteiger charge is -2.21. The van der Waals surface area contributed by atoms with Gasteiger partial charge in [0.2, 0.25) is 5.91 Å². The zero-order valence-corrected chi connectivity index (χ0v) is 34.7. The molecule has 0 saturated heterocycles. The van der Waals surface area contributed by atoms with Gasteiger partial charge in [0.25, 0.3) is 0 Å². The van der Waals surface area contributed by atoms with Gasteiger partial charge in [0.15, 0.2) is 0 Å². The fraction of sp³-hybridized carbons (Fsp3) is 0.851. The van der Waals surface area contributed by atoms with Crippen molar-refractivity contribution in [2.75, 3.05) is 6.61 Å². The van der Waals surface area contributed by atoms with Gasteiger partial charge in [-0.2, -0.15) is 0 Å². The first-order valence-electron chi connectivity index (χ1n) is 22.8. The lowest BCUT2D eigenvalue weighted by Crippen LogP contribution is -2.45. The van der Waals surface area contributed by atoms with E-state index in [1.54, 1.807) is 6.08 Å². The topological polar surface area (TPSA) is 89.8 Å². The predicted molar refractivity (Wildman–Crippen MR) is 227 cm³/mol. The fourth-order valence-corrected chi connectivity index (χ4v) is 6.90. The molecule has 306 valence electrons. The molecule has 5 nitrogen and oxygen atoms in total.